The fraction of sp³-hybridized carbons (Fsp3) is 0.400. The Balaban J connectivity index is 2.40. The molecule has 1 heterocycles. The van der Waals surface area contributed by atoms with Gasteiger partial charge in [-0.25, -0.2) is 8.42 Å². The van der Waals surface area contributed by atoms with E-state index in [2.05, 4.69) is 15.9 Å². The first-order valence-corrected chi connectivity index (χ1v) is 8.53. The van der Waals surface area contributed by atoms with E-state index in [0.717, 1.165) is 16.0 Å². The van der Waals surface area contributed by atoms with E-state index in [1.54, 1.807) is 30.0 Å². The lowest BCUT2D eigenvalue weighted by atomic mass is 10.3. The van der Waals surface area contributed by atoms with Gasteiger partial charge in [-0.3, -0.25) is 0 Å². The number of rotatable bonds is 2. The summed E-state index contributed by atoms with van der Waals surface area (Å²) in [6, 6.07) is 4.91. The molecule has 1 fully saturated rings. The summed E-state index contributed by atoms with van der Waals surface area (Å²) in [4.78, 5) is 0.193. The minimum atomic E-state index is -3.45. The fourth-order valence-corrected chi connectivity index (χ4v) is 4.89. The quantitative estimate of drug-likeness (QED) is 0.836. The second kappa shape index (κ2) is 5.17. The van der Waals surface area contributed by atoms with Crippen LogP contribution >= 0.6 is 27.7 Å². The van der Waals surface area contributed by atoms with Gasteiger partial charge in [0, 0.05) is 29.1 Å². The van der Waals surface area contributed by atoms with E-state index in [1.807, 2.05) is 0 Å². The molecule has 17 heavy (non-hydrogen) atoms. The van der Waals surface area contributed by atoms with Crippen LogP contribution in [0.5, 0.6) is 0 Å². The van der Waals surface area contributed by atoms with Crippen molar-refractivity contribution in [2.24, 2.45) is 0 Å². The first-order valence-electron chi connectivity index (χ1n) is 5.15. The van der Waals surface area contributed by atoms with Crippen molar-refractivity contribution in [1.29, 1.82) is 0 Å². The van der Waals surface area contributed by atoms with Gasteiger partial charge in [0.15, 0.2) is 0 Å². The third-order valence-electron chi connectivity index (χ3n) is 2.56. The number of anilines is 1. The zero-order valence-corrected chi connectivity index (χ0v) is 12.3. The summed E-state index contributed by atoms with van der Waals surface area (Å²) in [6.45, 7) is 1.11. The molecule has 0 spiro atoms. The number of sulfonamides is 1. The Morgan fingerprint density at radius 2 is 1.94 bits per heavy atom. The number of nitrogen functional groups attached to an aromatic ring is 1. The molecule has 0 atom stereocenters. The van der Waals surface area contributed by atoms with Crippen molar-refractivity contribution in [3.05, 3.63) is 22.7 Å². The molecule has 4 nitrogen and oxygen atoms in total. The van der Waals surface area contributed by atoms with E-state index in [4.69, 9.17) is 5.73 Å². The van der Waals surface area contributed by atoms with E-state index in [-0.39, 0.29) is 4.90 Å². The molecule has 1 aliphatic heterocycles. The van der Waals surface area contributed by atoms with Crippen molar-refractivity contribution in [2.45, 2.75) is 4.90 Å². The van der Waals surface area contributed by atoms with Crippen LogP contribution in [-0.4, -0.2) is 37.3 Å². The first kappa shape index (κ1) is 13.2. The SMILES string of the molecule is Nc1ccc(Br)cc1S(=O)(=O)N1CCSCC1. The van der Waals surface area contributed by atoms with Crippen LogP contribution in [0.2, 0.25) is 0 Å². The summed E-state index contributed by atoms with van der Waals surface area (Å²) in [5.74, 6) is 1.68. The average molecular weight is 337 g/mol. The molecule has 1 saturated heterocycles. The van der Waals surface area contributed by atoms with Crippen molar-refractivity contribution in [1.82, 2.24) is 4.31 Å². The lowest BCUT2D eigenvalue weighted by molar-refractivity contribution is 0.444. The average Bonchev–Trinajstić information content (AvgIpc) is 2.33. The van der Waals surface area contributed by atoms with Gasteiger partial charge in [-0.05, 0) is 18.2 Å². The Morgan fingerprint density at radius 3 is 2.59 bits per heavy atom. The molecule has 0 aromatic heterocycles. The highest BCUT2D eigenvalue weighted by atomic mass is 79.9. The number of benzene rings is 1. The van der Waals surface area contributed by atoms with Gasteiger partial charge in [0.2, 0.25) is 10.0 Å². The molecule has 0 saturated carbocycles. The molecule has 0 bridgehead atoms. The minimum absolute atomic E-state index is 0.193. The van der Waals surface area contributed by atoms with Gasteiger partial charge in [0.1, 0.15) is 4.90 Å². The summed E-state index contributed by atoms with van der Waals surface area (Å²) in [5, 5.41) is 0. The van der Waals surface area contributed by atoms with Crippen molar-refractivity contribution < 1.29 is 8.42 Å². The molecule has 0 radical (unpaired) electrons. The molecule has 2 N–H and O–H groups in total. The highest BCUT2D eigenvalue weighted by Crippen LogP contribution is 2.27. The van der Waals surface area contributed by atoms with Crippen LogP contribution in [0.25, 0.3) is 0 Å². The van der Waals surface area contributed by atoms with Gasteiger partial charge in [-0.1, -0.05) is 15.9 Å². The lowest BCUT2D eigenvalue weighted by Crippen LogP contribution is -2.38. The Kier molecular flexibility index (Phi) is 4.02. The van der Waals surface area contributed by atoms with Crippen LogP contribution in [0.4, 0.5) is 5.69 Å². The summed E-state index contributed by atoms with van der Waals surface area (Å²) in [5.41, 5.74) is 6.05. The third-order valence-corrected chi connectivity index (χ3v) is 5.95. The van der Waals surface area contributed by atoms with Crippen molar-refractivity contribution in [3.8, 4) is 0 Å². The van der Waals surface area contributed by atoms with Crippen LogP contribution in [0.1, 0.15) is 0 Å². The summed E-state index contributed by atoms with van der Waals surface area (Å²) in [6.07, 6.45) is 0. The van der Waals surface area contributed by atoms with E-state index in [0.29, 0.717) is 18.8 Å². The monoisotopic (exact) mass is 336 g/mol. The summed E-state index contributed by atoms with van der Waals surface area (Å²) < 4.78 is 27.0. The standard InChI is InChI=1S/C10H13BrN2O2S2/c11-8-1-2-9(12)10(7-8)17(14,15)13-3-5-16-6-4-13/h1-2,7H,3-6,12H2. The van der Waals surface area contributed by atoms with E-state index >= 15 is 0 Å². The first-order chi connectivity index (χ1) is 8.01. The van der Waals surface area contributed by atoms with Gasteiger partial charge in [0.05, 0.1) is 5.69 Å². The molecular weight excluding hydrogens is 324 g/mol. The van der Waals surface area contributed by atoms with E-state index in [1.165, 1.54) is 4.31 Å². The van der Waals surface area contributed by atoms with Crippen molar-refractivity contribution in [2.75, 3.05) is 30.3 Å². The van der Waals surface area contributed by atoms with E-state index < -0.39 is 10.0 Å². The molecule has 94 valence electrons. The maximum absolute atomic E-state index is 12.4. The number of hydrogen-bond acceptors (Lipinski definition) is 4. The molecule has 0 unspecified atom stereocenters. The molecule has 0 amide bonds. The normalized spacial score (nSPS) is 18.2. The second-order valence-corrected chi connectivity index (χ2v) is 7.75. The molecule has 7 heteroatoms. The van der Waals surface area contributed by atoms with Crippen LogP contribution < -0.4 is 5.73 Å². The van der Waals surface area contributed by atoms with Gasteiger partial charge < -0.3 is 5.73 Å². The number of nitrogens with two attached hydrogens (primary N) is 1. The van der Waals surface area contributed by atoms with Gasteiger partial charge >= 0.3 is 0 Å². The van der Waals surface area contributed by atoms with Crippen molar-refractivity contribution >= 4 is 43.4 Å². The molecular formula is C10H13BrN2O2S2. The van der Waals surface area contributed by atoms with Crippen LogP contribution in [0, 0.1) is 0 Å². The summed E-state index contributed by atoms with van der Waals surface area (Å²) >= 11 is 5.04. The predicted octanol–water partition coefficient (Wildman–Crippen LogP) is 1.77. The molecule has 2 rings (SSSR count). The predicted molar refractivity (Wildman–Crippen MR) is 74.6 cm³/mol. The Morgan fingerprint density at radius 1 is 1.29 bits per heavy atom. The smallest absolute Gasteiger partial charge is 0.245 e. The fourth-order valence-electron chi connectivity index (χ4n) is 1.66. The van der Waals surface area contributed by atoms with E-state index in [9.17, 15) is 8.42 Å². The Bertz CT molecular complexity index is 513. The number of nitrogens with zero attached hydrogens (tertiary/aromatic N) is 1. The zero-order chi connectivity index (χ0) is 12.5. The maximum Gasteiger partial charge on any atom is 0.245 e. The van der Waals surface area contributed by atoms with Crippen molar-refractivity contribution in [3.63, 3.8) is 0 Å². The number of halogens is 1. The largest absolute Gasteiger partial charge is 0.398 e. The number of hydrogen-bond donors (Lipinski definition) is 1. The van der Waals surface area contributed by atoms with Gasteiger partial charge in [0.25, 0.3) is 0 Å². The summed E-state index contributed by atoms with van der Waals surface area (Å²) in [7, 11) is -3.45. The minimum Gasteiger partial charge on any atom is -0.398 e. The molecule has 0 aliphatic carbocycles. The molecule has 1 aliphatic rings. The highest BCUT2D eigenvalue weighted by Gasteiger charge is 2.27. The van der Waals surface area contributed by atoms with Gasteiger partial charge in [-0.15, -0.1) is 0 Å². The number of thioether (sulfide) groups is 1. The molecule has 1 aromatic rings. The van der Waals surface area contributed by atoms with Crippen LogP contribution in [0.15, 0.2) is 27.6 Å². The highest BCUT2D eigenvalue weighted by molar-refractivity contribution is 9.10. The Hall–Kier alpha value is -0.240. The Labute approximate surface area is 114 Å². The third kappa shape index (κ3) is 2.78. The topological polar surface area (TPSA) is 63.4 Å². The second-order valence-electron chi connectivity index (χ2n) is 3.70. The van der Waals surface area contributed by atoms with Crippen LogP contribution in [0.3, 0.4) is 0 Å². The maximum atomic E-state index is 12.4. The lowest BCUT2D eigenvalue weighted by Gasteiger charge is -2.26. The molecule has 1 aromatic carbocycles. The van der Waals surface area contributed by atoms with Crippen LogP contribution in [-0.2, 0) is 10.0 Å². The zero-order valence-electron chi connectivity index (χ0n) is 9.10. The van der Waals surface area contributed by atoms with Gasteiger partial charge in [-0.2, -0.15) is 16.1 Å².